The van der Waals surface area contributed by atoms with Crippen LogP contribution in [0, 0.1) is 13.8 Å². The van der Waals surface area contributed by atoms with E-state index in [1.54, 1.807) is 24.3 Å². The number of rotatable bonds is 5. The van der Waals surface area contributed by atoms with Crippen molar-refractivity contribution in [2.45, 2.75) is 20.3 Å². The molecule has 2 rings (SSSR count). The second kappa shape index (κ2) is 7.79. The van der Waals surface area contributed by atoms with E-state index in [-0.39, 0.29) is 24.8 Å². The zero-order valence-electron chi connectivity index (χ0n) is 13.2. The lowest BCUT2D eigenvalue weighted by Gasteiger charge is -2.09. The van der Waals surface area contributed by atoms with Gasteiger partial charge in [-0.25, -0.2) is 0 Å². The molecule has 0 unspecified atom stereocenters. The molecule has 0 aliphatic heterocycles. The Morgan fingerprint density at radius 3 is 2.35 bits per heavy atom. The molecule has 0 saturated heterocycles. The van der Waals surface area contributed by atoms with E-state index in [9.17, 15) is 9.59 Å². The highest BCUT2D eigenvalue weighted by molar-refractivity contribution is 6.33. The van der Waals surface area contributed by atoms with Gasteiger partial charge in [-0.3, -0.25) is 9.59 Å². The van der Waals surface area contributed by atoms with Gasteiger partial charge in [0.05, 0.1) is 10.6 Å². The van der Waals surface area contributed by atoms with E-state index in [4.69, 9.17) is 11.6 Å². The predicted octanol–water partition coefficient (Wildman–Crippen LogP) is 3.72. The van der Waals surface area contributed by atoms with Crippen LogP contribution >= 0.6 is 11.6 Å². The summed E-state index contributed by atoms with van der Waals surface area (Å²) >= 11 is 5.96. The van der Waals surface area contributed by atoms with E-state index in [0.717, 1.165) is 16.8 Å². The molecule has 2 aromatic rings. The molecule has 0 fully saturated rings. The Bertz CT molecular complexity index is 708. The van der Waals surface area contributed by atoms with E-state index in [2.05, 4.69) is 10.6 Å². The number of nitrogens with one attached hydrogen (secondary N) is 2. The van der Waals surface area contributed by atoms with Gasteiger partial charge in [-0.1, -0.05) is 29.8 Å². The first-order valence-electron chi connectivity index (χ1n) is 7.36. The van der Waals surface area contributed by atoms with E-state index in [1.807, 2.05) is 32.0 Å². The number of carbonyl (C=O) groups is 2. The van der Waals surface area contributed by atoms with E-state index < -0.39 is 0 Å². The smallest absolute Gasteiger partial charge is 0.252 e. The first kappa shape index (κ1) is 17.0. The second-order valence-electron chi connectivity index (χ2n) is 5.41. The Morgan fingerprint density at radius 1 is 1.04 bits per heavy atom. The lowest BCUT2D eigenvalue weighted by atomic mass is 10.1. The maximum atomic E-state index is 12.0. The first-order chi connectivity index (χ1) is 11.0. The minimum atomic E-state index is -0.283. The molecule has 2 aromatic carbocycles. The number of carbonyl (C=O) groups excluding carboxylic acids is 2. The van der Waals surface area contributed by atoms with Gasteiger partial charge in [0.2, 0.25) is 5.91 Å². The average Bonchev–Trinajstić information content (AvgIpc) is 2.46. The molecule has 0 spiro atoms. The van der Waals surface area contributed by atoms with Crippen molar-refractivity contribution in [2.75, 3.05) is 11.9 Å². The van der Waals surface area contributed by atoms with Crippen molar-refractivity contribution >= 4 is 29.1 Å². The van der Waals surface area contributed by atoms with Crippen molar-refractivity contribution in [3.05, 3.63) is 64.2 Å². The van der Waals surface area contributed by atoms with E-state index in [1.165, 1.54) is 0 Å². The number of benzene rings is 2. The number of amides is 2. The molecule has 0 saturated carbocycles. The molecular weight excluding hydrogens is 312 g/mol. The zero-order chi connectivity index (χ0) is 16.8. The SMILES string of the molecule is Cc1cc(C)cc(NC(=O)CCNC(=O)c2ccccc2Cl)c1. The van der Waals surface area contributed by atoms with Crippen LogP contribution in [-0.2, 0) is 4.79 Å². The summed E-state index contributed by atoms with van der Waals surface area (Å²) in [5.74, 6) is -0.427. The fourth-order valence-electron chi connectivity index (χ4n) is 2.30. The van der Waals surface area contributed by atoms with Gasteiger partial charge in [0, 0.05) is 18.7 Å². The molecule has 2 N–H and O–H groups in total. The number of hydrogen-bond acceptors (Lipinski definition) is 2. The minimum Gasteiger partial charge on any atom is -0.351 e. The molecule has 0 atom stereocenters. The highest BCUT2D eigenvalue weighted by atomic mass is 35.5. The molecule has 2 amide bonds. The normalized spacial score (nSPS) is 10.2. The Morgan fingerprint density at radius 2 is 1.70 bits per heavy atom. The van der Waals surface area contributed by atoms with Crippen LogP contribution in [0.25, 0.3) is 0 Å². The van der Waals surface area contributed by atoms with Crippen molar-refractivity contribution in [1.82, 2.24) is 5.32 Å². The summed E-state index contributed by atoms with van der Waals surface area (Å²) in [7, 11) is 0. The van der Waals surface area contributed by atoms with Crippen molar-refractivity contribution in [3.63, 3.8) is 0 Å². The van der Waals surface area contributed by atoms with Crippen LogP contribution in [0.15, 0.2) is 42.5 Å². The monoisotopic (exact) mass is 330 g/mol. The quantitative estimate of drug-likeness (QED) is 0.878. The third-order valence-electron chi connectivity index (χ3n) is 3.26. The van der Waals surface area contributed by atoms with Crippen LogP contribution in [0.1, 0.15) is 27.9 Å². The summed E-state index contributed by atoms with van der Waals surface area (Å²) in [6, 6.07) is 12.7. The van der Waals surface area contributed by atoms with Crippen LogP contribution in [0.5, 0.6) is 0 Å². The third kappa shape index (κ3) is 5.11. The Balaban J connectivity index is 1.83. The summed E-state index contributed by atoms with van der Waals surface area (Å²) in [5.41, 5.74) is 3.36. The van der Waals surface area contributed by atoms with Gasteiger partial charge in [0.15, 0.2) is 0 Å². The van der Waals surface area contributed by atoms with Crippen molar-refractivity contribution < 1.29 is 9.59 Å². The fraction of sp³-hybridized carbons (Fsp3) is 0.222. The largest absolute Gasteiger partial charge is 0.351 e. The molecule has 120 valence electrons. The minimum absolute atomic E-state index is 0.144. The summed E-state index contributed by atoms with van der Waals surface area (Å²) in [4.78, 5) is 23.9. The van der Waals surface area contributed by atoms with Crippen LogP contribution < -0.4 is 10.6 Å². The number of aryl methyl sites for hydroxylation is 2. The number of hydrogen-bond donors (Lipinski definition) is 2. The Kier molecular flexibility index (Phi) is 5.77. The highest BCUT2D eigenvalue weighted by Crippen LogP contribution is 2.15. The van der Waals surface area contributed by atoms with Gasteiger partial charge in [0.1, 0.15) is 0 Å². The van der Waals surface area contributed by atoms with Gasteiger partial charge in [-0.05, 0) is 49.2 Å². The van der Waals surface area contributed by atoms with Gasteiger partial charge < -0.3 is 10.6 Å². The third-order valence-corrected chi connectivity index (χ3v) is 3.59. The first-order valence-corrected chi connectivity index (χ1v) is 7.74. The van der Waals surface area contributed by atoms with E-state index in [0.29, 0.717) is 10.6 Å². The van der Waals surface area contributed by atoms with Gasteiger partial charge in [0.25, 0.3) is 5.91 Å². The molecule has 23 heavy (non-hydrogen) atoms. The maximum Gasteiger partial charge on any atom is 0.252 e. The van der Waals surface area contributed by atoms with Crippen molar-refractivity contribution in [1.29, 1.82) is 0 Å². The second-order valence-corrected chi connectivity index (χ2v) is 5.82. The molecule has 0 bridgehead atoms. The molecule has 0 aromatic heterocycles. The molecule has 5 heteroatoms. The van der Waals surface area contributed by atoms with Crippen LogP contribution in [0.3, 0.4) is 0 Å². The summed E-state index contributed by atoms with van der Waals surface area (Å²) in [5, 5.41) is 5.92. The number of halogens is 1. The molecular formula is C18H19ClN2O2. The predicted molar refractivity (Wildman–Crippen MR) is 92.9 cm³/mol. The Labute approximate surface area is 140 Å². The van der Waals surface area contributed by atoms with Crippen LogP contribution in [0.2, 0.25) is 5.02 Å². The summed E-state index contributed by atoms with van der Waals surface area (Å²) in [6.45, 7) is 4.21. The molecule has 0 radical (unpaired) electrons. The lowest BCUT2D eigenvalue weighted by molar-refractivity contribution is -0.116. The zero-order valence-corrected chi connectivity index (χ0v) is 13.9. The fourth-order valence-corrected chi connectivity index (χ4v) is 2.52. The van der Waals surface area contributed by atoms with Crippen LogP contribution in [0.4, 0.5) is 5.69 Å². The van der Waals surface area contributed by atoms with Crippen molar-refractivity contribution in [3.8, 4) is 0 Å². The maximum absolute atomic E-state index is 12.0. The molecule has 0 heterocycles. The molecule has 4 nitrogen and oxygen atoms in total. The molecule has 0 aliphatic carbocycles. The lowest BCUT2D eigenvalue weighted by Crippen LogP contribution is -2.27. The molecule has 0 aliphatic rings. The van der Waals surface area contributed by atoms with Gasteiger partial charge >= 0.3 is 0 Å². The average molecular weight is 331 g/mol. The summed E-state index contributed by atoms with van der Waals surface area (Å²) < 4.78 is 0. The number of anilines is 1. The van der Waals surface area contributed by atoms with Gasteiger partial charge in [-0.15, -0.1) is 0 Å². The highest BCUT2D eigenvalue weighted by Gasteiger charge is 2.10. The topological polar surface area (TPSA) is 58.2 Å². The van der Waals surface area contributed by atoms with E-state index >= 15 is 0 Å². The summed E-state index contributed by atoms with van der Waals surface area (Å²) in [6.07, 6.45) is 0.198. The standard InChI is InChI=1S/C18H19ClN2O2/c1-12-9-13(2)11-14(10-12)21-17(22)7-8-20-18(23)15-5-3-4-6-16(15)19/h3-6,9-11H,7-8H2,1-2H3,(H,20,23)(H,21,22). The van der Waals surface area contributed by atoms with Gasteiger partial charge in [-0.2, -0.15) is 0 Å². The Hall–Kier alpha value is -2.33. The van der Waals surface area contributed by atoms with Crippen molar-refractivity contribution in [2.24, 2.45) is 0 Å². The van der Waals surface area contributed by atoms with Crippen LogP contribution in [-0.4, -0.2) is 18.4 Å².